The molecule has 0 unspecified atom stereocenters. The monoisotopic (exact) mass is 288 g/mol. The number of benzene rings is 2. The van der Waals surface area contributed by atoms with Gasteiger partial charge in [-0.15, -0.1) is 0 Å². The summed E-state index contributed by atoms with van der Waals surface area (Å²) in [6, 6.07) is 15.4. The first kappa shape index (κ1) is 12.7. The Morgan fingerprint density at radius 1 is 0.955 bits per heavy atom. The zero-order chi connectivity index (χ0) is 15.1. The van der Waals surface area contributed by atoms with E-state index in [1.165, 1.54) is 5.56 Å². The molecule has 2 aromatic heterocycles. The summed E-state index contributed by atoms with van der Waals surface area (Å²) in [6.07, 6.45) is 1.56. The van der Waals surface area contributed by atoms with Crippen molar-refractivity contribution in [1.82, 2.24) is 9.97 Å². The molecule has 0 fully saturated rings. The van der Waals surface area contributed by atoms with Crippen molar-refractivity contribution >= 4 is 21.9 Å². The van der Waals surface area contributed by atoms with E-state index in [0.717, 1.165) is 16.3 Å². The Labute approximate surface area is 126 Å². The normalized spacial score (nSPS) is 11.1. The average Bonchev–Trinajstić information content (AvgIpc) is 2.55. The van der Waals surface area contributed by atoms with Crippen LogP contribution in [-0.4, -0.2) is 9.97 Å². The molecule has 0 radical (unpaired) electrons. The predicted molar refractivity (Wildman–Crippen MR) is 85.8 cm³/mol. The minimum atomic E-state index is -0.374. The quantitative estimate of drug-likeness (QED) is 0.535. The fourth-order valence-corrected chi connectivity index (χ4v) is 2.66. The number of aryl methyl sites for hydroxylation is 1. The number of hydrogen-bond acceptors (Lipinski definition) is 4. The minimum Gasteiger partial charge on any atom is -0.436 e. The first-order valence-electron chi connectivity index (χ1n) is 6.98. The van der Waals surface area contributed by atoms with Crippen LogP contribution >= 0.6 is 0 Å². The van der Waals surface area contributed by atoms with E-state index >= 15 is 0 Å². The lowest BCUT2D eigenvalue weighted by Gasteiger charge is -2.08. The van der Waals surface area contributed by atoms with Gasteiger partial charge in [0.2, 0.25) is 5.89 Å². The van der Waals surface area contributed by atoms with E-state index < -0.39 is 0 Å². The molecule has 4 nitrogen and oxygen atoms in total. The summed E-state index contributed by atoms with van der Waals surface area (Å²) in [5, 5.41) is 2.14. The predicted octanol–water partition coefficient (Wildman–Crippen LogP) is 3.71. The highest BCUT2D eigenvalue weighted by Crippen LogP contribution is 2.29. The molecular formula is C18H12N2O2. The van der Waals surface area contributed by atoms with E-state index in [1.54, 1.807) is 18.3 Å². The van der Waals surface area contributed by atoms with E-state index in [-0.39, 0.29) is 11.1 Å². The van der Waals surface area contributed by atoms with Crippen LogP contribution in [-0.2, 0) is 0 Å². The molecule has 2 heterocycles. The molecule has 0 amide bonds. The molecule has 0 saturated heterocycles. The third-order valence-electron chi connectivity index (χ3n) is 3.76. The van der Waals surface area contributed by atoms with Crippen molar-refractivity contribution in [2.24, 2.45) is 0 Å². The molecule has 0 aliphatic rings. The lowest BCUT2D eigenvalue weighted by atomic mass is 10.0. The highest BCUT2D eigenvalue weighted by Gasteiger charge is 2.12. The second kappa shape index (κ2) is 4.77. The SMILES string of the molecule is Cc1ccc(-c2nc(=O)c3ncccc3o2)c2ccccc12. The van der Waals surface area contributed by atoms with Crippen LogP contribution in [0, 0.1) is 6.92 Å². The van der Waals surface area contributed by atoms with Crippen molar-refractivity contribution in [2.45, 2.75) is 6.92 Å². The molecule has 0 N–H and O–H groups in total. The number of pyridine rings is 1. The largest absolute Gasteiger partial charge is 0.436 e. The third-order valence-corrected chi connectivity index (χ3v) is 3.76. The van der Waals surface area contributed by atoms with Crippen molar-refractivity contribution in [3.8, 4) is 11.5 Å². The van der Waals surface area contributed by atoms with Crippen LogP contribution in [0.2, 0.25) is 0 Å². The summed E-state index contributed by atoms with van der Waals surface area (Å²) in [6.45, 7) is 2.06. The number of rotatable bonds is 1. The Kier molecular flexibility index (Phi) is 2.76. The van der Waals surface area contributed by atoms with Crippen molar-refractivity contribution < 1.29 is 4.42 Å². The molecular weight excluding hydrogens is 276 g/mol. The first-order chi connectivity index (χ1) is 10.7. The highest BCUT2D eigenvalue weighted by molar-refractivity contribution is 5.97. The van der Waals surface area contributed by atoms with Crippen LogP contribution < -0.4 is 5.56 Å². The van der Waals surface area contributed by atoms with Gasteiger partial charge in [-0.3, -0.25) is 4.79 Å². The lowest BCUT2D eigenvalue weighted by molar-refractivity contribution is 0.594. The standard InChI is InChI=1S/C18H12N2O2/c1-11-8-9-14(13-6-3-2-5-12(11)13)18-20-17(21)16-15(22-18)7-4-10-19-16/h2-10H,1H3. The molecule has 2 aromatic carbocycles. The van der Waals surface area contributed by atoms with Crippen molar-refractivity contribution in [1.29, 1.82) is 0 Å². The minimum absolute atomic E-state index is 0.252. The molecule has 4 rings (SSSR count). The van der Waals surface area contributed by atoms with Crippen LogP contribution in [0.15, 0.2) is 63.9 Å². The molecule has 4 heteroatoms. The number of hydrogen-bond donors (Lipinski definition) is 0. The summed E-state index contributed by atoms with van der Waals surface area (Å²) >= 11 is 0. The van der Waals surface area contributed by atoms with Crippen molar-refractivity contribution in [3.63, 3.8) is 0 Å². The first-order valence-corrected chi connectivity index (χ1v) is 6.98. The highest BCUT2D eigenvalue weighted by atomic mass is 16.3. The van der Waals surface area contributed by atoms with Gasteiger partial charge in [-0.25, -0.2) is 4.98 Å². The van der Waals surface area contributed by atoms with Gasteiger partial charge in [0.1, 0.15) is 0 Å². The van der Waals surface area contributed by atoms with Gasteiger partial charge in [0.15, 0.2) is 11.1 Å². The Hall–Kier alpha value is -3.01. The maximum atomic E-state index is 12.1. The van der Waals surface area contributed by atoms with Gasteiger partial charge in [-0.05, 0) is 41.5 Å². The van der Waals surface area contributed by atoms with Crippen molar-refractivity contribution in [3.05, 3.63) is 70.6 Å². The van der Waals surface area contributed by atoms with Gasteiger partial charge >= 0.3 is 5.56 Å². The molecule has 0 spiro atoms. The van der Waals surface area contributed by atoms with E-state index in [4.69, 9.17) is 4.42 Å². The fraction of sp³-hybridized carbons (Fsp3) is 0.0556. The summed E-state index contributed by atoms with van der Waals surface area (Å²) in [5.74, 6) is 0.321. The lowest BCUT2D eigenvalue weighted by Crippen LogP contribution is -2.08. The van der Waals surface area contributed by atoms with Crippen LogP contribution in [0.4, 0.5) is 0 Å². The summed E-state index contributed by atoms with van der Waals surface area (Å²) in [5.41, 5.74) is 2.31. The number of fused-ring (bicyclic) bond motifs is 2. The zero-order valence-electron chi connectivity index (χ0n) is 11.9. The van der Waals surface area contributed by atoms with Gasteiger partial charge in [-0.2, -0.15) is 4.98 Å². The summed E-state index contributed by atoms with van der Waals surface area (Å²) < 4.78 is 5.80. The van der Waals surface area contributed by atoms with Crippen LogP contribution in [0.5, 0.6) is 0 Å². The van der Waals surface area contributed by atoms with E-state index in [1.807, 2.05) is 30.3 Å². The van der Waals surface area contributed by atoms with Gasteiger partial charge < -0.3 is 4.42 Å². The fourth-order valence-electron chi connectivity index (χ4n) is 2.66. The molecule has 0 aliphatic carbocycles. The molecule has 0 saturated carbocycles. The second-order valence-electron chi connectivity index (χ2n) is 5.15. The average molecular weight is 288 g/mol. The Morgan fingerprint density at radius 2 is 1.77 bits per heavy atom. The van der Waals surface area contributed by atoms with Crippen molar-refractivity contribution in [2.75, 3.05) is 0 Å². The molecule has 106 valence electrons. The van der Waals surface area contributed by atoms with Gasteiger partial charge in [0.05, 0.1) is 0 Å². The maximum absolute atomic E-state index is 12.1. The Morgan fingerprint density at radius 3 is 2.64 bits per heavy atom. The Bertz CT molecular complexity index is 1070. The van der Waals surface area contributed by atoms with Crippen LogP contribution in [0.3, 0.4) is 0 Å². The van der Waals surface area contributed by atoms with Crippen LogP contribution in [0.25, 0.3) is 33.3 Å². The van der Waals surface area contributed by atoms with E-state index in [9.17, 15) is 4.79 Å². The van der Waals surface area contributed by atoms with Gasteiger partial charge in [0.25, 0.3) is 0 Å². The Balaban J connectivity index is 2.08. The molecule has 22 heavy (non-hydrogen) atoms. The smallest absolute Gasteiger partial charge is 0.302 e. The second-order valence-corrected chi connectivity index (χ2v) is 5.15. The summed E-state index contributed by atoms with van der Waals surface area (Å²) in [7, 11) is 0. The molecule has 0 atom stereocenters. The van der Waals surface area contributed by atoms with Gasteiger partial charge in [0, 0.05) is 11.8 Å². The summed E-state index contributed by atoms with van der Waals surface area (Å²) in [4.78, 5) is 20.2. The zero-order valence-corrected chi connectivity index (χ0v) is 11.9. The van der Waals surface area contributed by atoms with E-state index in [2.05, 4.69) is 23.0 Å². The third kappa shape index (κ3) is 1.89. The molecule has 0 bridgehead atoms. The number of nitrogens with zero attached hydrogens (tertiary/aromatic N) is 2. The number of aromatic nitrogens is 2. The van der Waals surface area contributed by atoms with Gasteiger partial charge in [-0.1, -0.05) is 30.3 Å². The topological polar surface area (TPSA) is 56.0 Å². The molecule has 4 aromatic rings. The molecule has 0 aliphatic heterocycles. The van der Waals surface area contributed by atoms with E-state index in [0.29, 0.717) is 11.5 Å². The van der Waals surface area contributed by atoms with Crippen LogP contribution in [0.1, 0.15) is 5.56 Å². The maximum Gasteiger partial charge on any atom is 0.302 e.